The summed E-state index contributed by atoms with van der Waals surface area (Å²) in [6.07, 6.45) is 0. The summed E-state index contributed by atoms with van der Waals surface area (Å²) < 4.78 is 13.6. The molecule has 0 bridgehead atoms. The van der Waals surface area contributed by atoms with E-state index >= 15 is 0 Å². The van der Waals surface area contributed by atoms with Gasteiger partial charge in [-0.25, -0.2) is 4.39 Å². The van der Waals surface area contributed by atoms with Gasteiger partial charge in [0.25, 0.3) is 0 Å². The zero-order valence-corrected chi connectivity index (χ0v) is 7.52. The highest BCUT2D eigenvalue weighted by atomic mass is 79.9. The maximum atomic E-state index is 12.9. The Kier molecular flexibility index (Phi) is 2.85. The first-order valence-corrected chi connectivity index (χ1v) is 3.88. The van der Waals surface area contributed by atoms with E-state index in [9.17, 15) is 4.39 Å². The van der Waals surface area contributed by atoms with E-state index in [-0.39, 0.29) is 5.56 Å². The van der Waals surface area contributed by atoms with Crippen LogP contribution >= 0.6 is 15.9 Å². The molecule has 0 heterocycles. The summed E-state index contributed by atoms with van der Waals surface area (Å²) in [6, 6.07) is 6.02. The Morgan fingerprint density at radius 3 is 2.83 bits per heavy atom. The lowest BCUT2D eigenvalue weighted by Crippen LogP contribution is -1.81. The van der Waals surface area contributed by atoms with Crippen LogP contribution in [0.15, 0.2) is 22.7 Å². The minimum atomic E-state index is -0.416. The van der Waals surface area contributed by atoms with Gasteiger partial charge in [-0.2, -0.15) is 5.26 Å². The second-order valence-corrected chi connectivity index (χ2v) is 2.90. The Hall–Kier alpha value is -1.32. The van der Waals surface area contributed by atoms with Crippen molar-refractivity contribution in [2.24, 2.45) is 0 Å². The van der Waals surface area contributed by atoms with Crippen LogP contribution in [0.1, 0.15) is 5.56 Å². The quantitative estimate of drug-likeness (QED) is 0.621. The third-order valence-electron chi connectivity index (χ3n) is 1.18. The first-order chi connectivity index (χ1) is 5.74. The Morgan fingerprint density at radius 2 is 2.17 bits per heavy atom. The van der Waals surface area contributed by atoms with Crippen molar-refractivity contribution in [2.45, 2.75) is 0 Å². The SMILES string of the molecule is N#CC#Cc1cc(Br)ccc1F. The van der Waals surface area contributed by atoms with E-state index in [2.05, 4.69) is 27.8 Å². The summed E-state index contributed by atoms with van der Waals surface area (Å²) >= 11 is 3.17. The molecule has 0 N–H and O–H groups in total. The molecule has 0 aliphatic heterocycles. The Balaban J connectivity index is 3.16. The minimum Gasteiger partial charge on any atom is -0.206 e. The fourth-order valence-corrected chi connectivity index (χ4v) is 1.05. The number of halogens is 2. The molecule has 3 heteroatoms. The van der Waals surface area contributed by atoms with E-state index in [4.69, 9.17) is 5.26 Å². The van der Waals surface area contributed by atoms with Crippen LogP contribution in [-0.4, -0.2) is 0 Å². The Labute approximate surface area is 78.0 Å². The molecule has 0 aromatic heterocycles. The van der Waals surface area contributed by atoms with Crippen molar-refractivity contribution >= 4 is 15.9 Å². The van der Waals surface area contributed by atoms with Crippen molar-refractivity contribution < 1.29 is 4.39 Å². The molecule has 58 valence electrons. The third kappa shape index (κ3) is 2.08. The molecule has 1 rings (SSSR count). The van der Waals surface area contributed by atoms with Gasteiger partial charge in [0.15, 0.2) is 6.07 Å². The van der Waals surface area contributed by atoms with Gasteiger partial charge in [0.2, 0.25) is 0 Å². The predicted octanol–water partition coefficient (Wildman–Crippen LogP) is 2.46. The van der Waals surface area contributed by atoms with Gasteiger partial charge < -0.3 is 0 Å². The van der Waals surface area contributed by atoms with Crippen LogP contribution < -0.4 is 0 Å². The van der Waals surface area contributed by atoms with Crippen molar-refractivity contribution in [3.8, 4) is 17.9 Å². The Bertz CT molecular complexity index is 395. The molecular weight excluding hydrogens is 221 g/mol. The van der Waals surface area contributed by atoms with Crippen LogP contribution in [0.2, 0.25) is 0 Å². The number of nitrogens with zero attached hydrogens (tertiary/aromatic N) is 1. The van der Waals surface area contributed by atoms with Gasteiger partial charge in [0.05, 0.1) is 5.56 Å². The molecular formula is C9H3BrFN. The summed E-state index contributed by atoms with van der Waals surface area (Å²) in [4.78, 5) is 0. The van der Waals surface area contributed by atoms with Crippen molar-refractivity contribution in [1.82, 2.24) is 0 Å². The van der Waals surface area contributed by atoms with Crippen LogP contribution in [0, 0.1) is 29.0 Å². The molecule has 0 unspecified atom stereocenters. The molecule has 0 spiro atoms. The van der Waals surface area contributed by atoms with Crippen LogP contribution in [-0.2, 0) is 0 Å². The maximum absolute atomic E-state index is 12.9. The zero-order chi connectivity index (χ0) is 8.97. The number of rotatable bonds is 0. The van der Waals surface area contributed by atoms with Crippen LogP contribution in [0.4, 0.5) is 4.39 Å². The molecule has 12 heavy (non-hydrogen) atoms. The number of hydrogen-bond acceptors (Lipinski definition) is 1. The van der Waals surface area contributed by atoms with Crippen molar-refractivity contribution in [2.75, 3.05) is 0 Å². The highest BCUT2D eigenvalue weighted by Gasteiger charge is 1.97. The van der Waals surface area contributed by atoms with E-state index in [0.29, 0.717) is 0 Å². The second kappa shape index (κ2) is 3.90. The highest BCUT2D eigenvalue weighted by Crippen LogP contribution is 2.14. The average Bonchev–Trinajstić information content (AvgIpc) is 2.07. The standard InChI is InChI=1S/C9H3BrFN/c10-8-3-4-9(11)7(6-8)2-1-5-12/h3-4,6H. The lowest BCUT2D eigenvalue weighted by atomic mass is 10.2. The van der Waals surface area contributed by atoms with Crippen molar-refractivity contribution in [3.05, 3.63) is 34.1 Å². The predicted molar refractivity (Wildman–Crippen MR) is 46.6 cm³/mol. The molecule has 0 aliphatic rings. The fourth-order valence-electron chi connectivity index (χ4n) is 0.689. The molecule has 0 atom stereocenters. The number of benzene rings is 1. The van der Waals surface area contributed by atoms with Gasteiger partial charge in [-0.15, -0.1) is 0 Å². The van der Waals surface area contributed by atoms with E-state index in [1.165, 1.54) is 12.1 Å². The van der Waals surface area contributed by atoms with Crippen molar-refractivity contribution in [1.29, 1.82) is 5.26 Å². The normalized spacial score (nSPS) is 8.08. The molecule has 0 aliphatic carbocycles. The summed E-state index contributed by atoms with van der Waals surface area (Å²) in [5.74, 6) is 4.10. The van der Waals surface area contributed by atoms with Gasteiger partial charge in [-0.1, -0.05) is 15.9 Å². The number of nitriles is 1. The molecule has 0 saturated heterocycles. The summed E-state index contributed by atoms with van der Waals surface area (Å²) in [6.45, 7) is 0. The molecule has 1 aromatic carbocycles. The minimum absolute atomic E-state index is 0.228. The molecule has 0 fully saturated rings. The smallest absolute Gasteiger partial charge is 0.152 e. The second-order valence-electron chi connectivity index (χ2n) is 1.99. The maximum Gasteiger partial charge on any atom is 0.152 e. The molecule has 0 amide bonds. The first-order valence-electron chi connectivity index (χ1n) is 3.09. The zero-order valence-electron chi connectivity index (χ0n) is 5.94. The first kappa shape index (κ1) is 8.77. The van der Waals surface area contributed by atoms with Gasteiger partial charge >= 0.3 is 0 Å². The molecule has 0 radical (unpaired) electrons. The van der Waals surface area contributed by atoms with Crippen LogP contribution in [0.25, 0.3) is 0 Å². The average molecular weight is 224 g/mol. The lowest BCUT2D eigenvalue weighted by molar-refractivity contribution is 0.624. The van der Waals surface area contributed by atoms with Gasteiger partial charge in [0.1, 0.15) is 5.82 Å². The number of hydrogen-bond donors (Lipinski definition) is 0. The molecule has 1 aromatic rings. The fraction of sp³-hybridized carbons (Fsp3) is 0. The van der Waals surface area contributed by atoms with Crippen LogP contribution in [0.3, 0.4) is 0 Å². The van der Waals surface area contributed by atoms with E-state index < -0.39 is 5.82 Å². The van der Waals surface area contributed by atoms with Crippen molar-refractivity contribution in [3.63, 3.8) is 0 Å². The largest absolute Gasteiger partial charge is 0.206 e. The lowest BCUT2D eigenvalue weighted by Gasteiger charge is -1.93. The third-order valence-corrected chi connectivity index (χ3v) is 1.67. The van der Waals surface area contributed by atoms with Gasteiger partial charge in [-0.3, -0.25) is 0 Å². The van der Waals surface area contributed by atoms with E-state index in [0.717, 1.165) is 4.47 Å². The summed E-state index contributed by atoms with van der Waals surface area (Å²) in [5.41, 5.74) is 0.228. The summed E-state index contributed by atoms with van der Waals surface area (Å²) in [5, 5.41) is 8.13. The van der Waals surface area contributed by atoms with E-state index in [1.54, 1.807) is 12.1 Å². The molecule has 0 saturated carbocycles. The van der Waals surface area contributed by atoms with Gasteiger partial charge in [-0.05, 0) is 24.1 Å². The van der Waals surface area contributed by atoms with Gasteiger partial charge in [0, 0.05) is 10.4 Å². The summed E-state index contributed by atoms with van der Waals surface area (Å²) in [7, 11) is 0. The van der Waals surface area contributed by atoms with E-state index in [1.807, 2.05) is 0 Å². The molecule has 1 nitrogen and oxygen atoms in total. The van der Waals surface area contributed by atoms with Crippen LogP contribution in [0.5, 0.6) is 0 Å². The highest BCUT2D eigenvalue weighted by molar-refractivity contribution is 9.10. The monoisotopic (exact) mass is 223 g/mol. The Morgan fingerprint density at radius 1 is 1.42 bits per heavy atom. The topological polar surface area (TPSA) is 23.8 Å².